The van der Waals surface area contributed by atoms with Crippen LogP contribution in [0.25, 0.3) is 0 Å². The first-order chi connectivity index (χ1) is 9.20. The molecule has 23 heavy (non-hydrogen) atoms. The normalized spacial score (nSPS) is 9.30. The molecule has 13 heteroatoms. The van der Waals surface area contributed by atoms with Gasteiger partial charge < -0.3 is 20.4 Å². The summed E-state index contributed by atoms with van der Waals surface area (Å²) in [6.45, 7) is -2.25. The number of nitrogens with zero attached hydrogens (tertiary/aromatic N) is 2. The van der Waals surface area contributed by atoms with Crippen molar-refractivity contribution in [2.24, 2.45) is 0 Å². The van der Waals surface area contributed by atoms with Gasteiger partial charge in [0.2, 0.25) is 0 Å². The molecule has 0 aliphatic rings. The van der Waals surface area contributed by atoms with Gasteiger partial charge in [0.25, 0.3) is 0 Å². The summed E-state index contributed by atoms with van der Waals surface area (Å²) >= 11 is 0. The van der Waals surface area contributed by atoms with Gasteiger partial charge >= 0.3 is 156 Å². The molecule has 0 aromatic rings. The molecular weight excluding hydrogens is 377 g/mol. The molecule has 0 fully saturated rings. The first kappa shape index (κ1) is 32.7. The van der Waals surface area contributed by atoms with Crippen LogP contribution in [0.4, 0.5) is 0 Å². The predicted molar refractivity (Wildman–Crippen MR) is 84.9 cm³/mol. The maximum atomic E-state index is 10.6. The van der Waals surface area contributed by atoms with Crippen LogP contribution < -0.4 is 0 Å². The summed E-state index contributed by atoms with van der Waals surface area (Å²) in [6, 6.07) is 0. The van der Waals surface area contributed by atoms with Gasteiger partial charge in [-0.3, -0.25) is 29.0 Å². The van der Waals surface area contributed by atoms with E-state index in [-0.39, 0.29) is 145 Å². The van der Waals surface area contributed by atoms with E-state index in [1.54, 1.807) is 0 Å². The summed E-state index contributed by atoms with van der Waals surface area (Å²) in [4.78, 5) is 44.4. The van der Waals surface area contributed by atoms with Crippen molar-refractivity contribution in [3.63, 3.8) is 0 Å². The predicted octanol–water partition coefficient (Wildman–Crippen LogP) is -4.02. The Bertz CT molecular complexity index is 331. The Morgan fingerprint density at radius 1 is 0.565 bits per heavy atom. The Hall–Kier alpha value is 2.07. The van der Waals surface area contributed by atoms with Crippen molar-refractivity contribution in [3.05, 3.63) is 0 Å². The molecule has 0 radical (unpaired) electrons. The van der Waals surface area contributed by atoms with Crippen LogP contribution in [-0.4, -0.2) is 226 Å². The summed E-state index contributed by atoms with van der Waals surface area (Å²) in [6.07, 6.45) is 0. The van der Waals surface area contributed by atoms with Gasteiger partial charge in [-0.05, 0) is 0 Å². The molecule has 10 nitrogen and oxygen atoms in total. The van der Waals surface area contributed by atoms with Crippen LogP contribution in [0.15, 0.2) is 0 Å². The summed E-state index contributed by atoms with van der Waals surface area (Å²) in [5.74, 6) is -4.91. The molecule has 0 amide bonds. The molecule has 0 aromatic carbocycles. The zero-order valence-corrected chi connectivity index (χ0v) is 10.6. The second-order valence-corrected chi connectivity index (χ2v) is 4.00. The van der Waals surface area contributed by atoms with Gasteiger partial charge in [0.15, 0.2) is 0 Å². The van der Waals surface area contributed by atoms with E-state index < -0.39 is 50.1 Å². The first-order valence-electron chi connectivity index (χ1n) is 5.52. The number of hydrogen-bond donors (Lipinski definition) is 4. The fourth-order valence-electron chi connectivity index (χ4n) is 1.48. The number of carbonyl (C=O) groups is 4. The van der Waals surface area contributed by atoms with Gasteiger partial charge in [0.05, 0.1) is 26.2 Å². The van der Waals surface area contributed by atoms with E-state index in [0.717, 1.165) is 9.80 Å². The molecular formula is C10H19K2N2NaO8. The molecule has 120 valence electrons. The van der Waals surface area contributed by atoms with Gasteiger partial charge in [0, 0.05) is 13.1 Å². The summed E-state index contributed by atoms with van der Waals surface area (Å²) < 4.78 is 0. The van der Waals surface area contributed by atoms with Crippen molar-refractivity contribution < 1.29 is 39.6 Å². The Labute approximate surface area is 240 Å². The fourth-order valence-corrected chi connectivity index (χ4v) is 1.48. The van der Waals surface area contributed by atoms with Crippen molar-refractivity contribution in [1.82, 2.24) is 9.80 Å². The molecule has 0 saturated heterocycles. The summed E-state index contributed by atoms with van der Waals surface area (Å²) in [5, 5.41) is 34.5. The number of hydrogen-bond acceptors (Lipinski definition) is 6. The van der Waals surface area contributed by atoms with Gasteiger partial charge in [-0.25, -0.2) is 0 Å². The van der Waals surface area contributed by atoms with Gasteiger partial charge in [-0.1, -0.05) is 0 Å². The molecule has 0 rings (SSSR count). The minimum absolute atomic E-state index is 0. The Balaban J connectivity index is -0.000000602. The van der Waals surface area contributed by atoms with Crippen LogP contribution in [0.5, 0.6) is 0 Å². The zero-order valence-electron chi connectivity index (χ0n) is 10.6. The molecule has 0 aliphatic carbocycles. The molecule has 0 unspecified atom stereocenters. The Kier molecular flexibility index (Phi) is 26.8. The third-order valence-electron chi connectivity index (χ3n) is 2.17. The van der Waals surface area contributed by atoms with E-state index in [2.05, 4.69) is 0 Å². The zero-order chi connectivity index (χ0) is 15.7. The monoisotopic (exact) mass is 396 g/mol. The number of rotatable bonds is 11. The molecule has 0 aromatic heterocycles. The summed E-state index contributed by atoms with van der Waals surface area (Å²) in [5.41, 5.74) is 0. The molecule has 0 heterocycles. The van der Waals surface area contributed by atoms with Crippen LogP contribution in [0.1, 0.15) is 0 Å². The topological polar surface area (TPSA) is 156 Å². The molecule has 0 spiro atoms. The average molecular weight is 396 g/mol. The molecule has 0 bridgehead atoms. The van der Waals surface area contributed by atoms with Gasteiger partial charge in [-0.2, -0.15) is 0 Å². The Morgan fingerprint density at radius 2 is 0.739 bits per heavy atom. The molecule has 0 aliphatic heterocycles. The van der Waals surface area contributed by atoms with Gasteiger partial charge in [0.1, 0.15) is 0 Å². The van der Waals surface area contributed by atoms with Gasteiger partial charge in [-0.15, -0.1) is 0 Å². The number of carboxylic acid groups (broad SMARTS) is 4. The van der Waals surface area contributed by atoms with Crippen LogP contribution in [-0.2, 0) is 19.2 Å². The fraction of sp³-hybridized carbons (Fsp3) is 0.600. The van der Waals surface area contributed by atoms with Crippen molar-refractivity contribution >= 4 is 156 Å². The Morgan fingerprint density at radius 3 is 0.870 bits per heavy atom. The van der Waals surface area contributed by atoms with E-state index in [4.69, 9.17) is 20.4 Å². The maximum absolute atomic E-state index is 10.6. The molecule has 0 atom stereocenters. The van der Waals surface area contributed by atoms with E-state index in [9.17, 15) is 19.2 Å². The number of carboxylic acids is 4. The quantitative estimate of drug-likeness (QED) is 0.254. The van der Waals surface area contributed by atoms with Crippen LogP contribution >= 0.6 is 0 Å². The van der Waals surface area contributed by atoms with Crippen LogP contribution in [0, 0.1) is 0 Å². The van der Waals surface area contributed by atoms with Crippen molar-refractivity contribution in [3.8, 4) is 0 Å². The van der Waals surface area contributed by atoms with E-state index in [0.29, 0.717) is 0 Å². The second-order valence-electron chi connectivity index (χ2n) is 4.00. The average Bonchev–Trinajstić information content (AvgIpc) is 2.22. The van der Waals surface area contributed by atoms with Crippen LogP contribution in [0.3, 0.4) is 0 Å². The third-order valence-corrected chi connectivity index (χ3v) is 2.17. The molecule has 4 N–H and O–H groups in total. The van der Waals surface area contributed by atoms with E-state index in [1.165, 1.54) is 0 Å². The van der Waals surface area contributed by atoms with Crippen molar-refractivity contribution in [1.29, 1.82) is 0 Å². The standard InChI is InChI=1S/C10H16N2O8.2K.Na.3H/c13-7(14)3-11(4-8(15)16)1-2-12(5-9(17)18)6-10(19)20;;;;;;/h1-6H2,(H,13,14)(H,15,16)(H,17,18)(H,19,20);;;;;;. The van der Waals surface area contributed by atoms with Crippen LogP contribution in [0.2, 0.25) is 0 Å². The van der Waals surface area contributed by atoms with Crippen molar-refractivity contribution in [2.45, 2.75) is 0 Å². The SMILES string of the molecule is O=C(O)CN(CCN(CC(=O)O)CC(=O)O)CC(=O)O.[KH].[KH].[NaH]. The van der Waals surface area contributed by atoms with Crippen molar-refractivity contribution in [2.75, 3.05) is 39.3 Å². The minimum atomic E-state index is -1.23. The molecule has 0 saturated carbocycles. The number of aliphatic carboxylic acids is 4. The third kappa shape index (κ3) is 22.0. The van der Waals surface area contributed by atoms with E-state index in [1.807, 2.05) is 0 Å². The van der Waals surface area contributed by atoms with E-state index >= 15 is 0 Å². The first-order valence-corrected chi connectivity index (χ1v) is 5.52. The summed E-state index contributed by atoms with van der Waals surface area (Å²) in [7, 11) is 0. The second kappa shape index (κ2) is 18.9.